The van der Waals surface area contributed by atoms with Crippen LogP contribution < -0.4 is 9.47 Å². The topological polar surface area (TPSA) is 60.0 Å². The summed E-state index contributed by atoms with van der Waals surface area (Å²) in [5.41, 5.74) is 2.39. The maximum absolute atomic E-state index is 6.28. The summed E-state index contributed by atoms with van der Waals surface area (Å²) in [7, 11) is 0. The molecule has 152 valence electrons. The van der Waals surface area contributed by atoms with Crippen LogP contribution in [0.3, 0.4) is 0 Å². The predicted octanol–water partition coefficient (Wildman–Crippen LogP) is 6.75. The normalized spacial score (nSPS) is 10.7. The van der Waals surface area contributed by atoms with Gasteiger partial charge in [-0.3, -0.25) is 0 Å². The van der Waals surface area contributed by atoms with Crippen LogP contribution in [-0.2, 0) is 6.42 Å². The van der Waals surface area contributed by atoms with Crippen molar-refractivity contribution in [1.82, 2.24) is 15.4 Å². The van der Waals surface area contributed by atoms with E-state index in [9.17, 15) is 0 Å². The van der Waals surface area contributed by atoms with Gasteiger partial charge in [0.1, 0.15) is 22.5 Å². The van der Waals surface area contributed by atoms with Crippen molar-refractivity contribution in [3.63, 3.8) is 0 Å². The van der Waals surface area contributed by atoms with E-state index < -0.39 is 0 Å². The number of aromatic nitrogens is 3. The minimum Gasteiger partial charge on any atom is -0.490 e. The summed E-state index contributed by atoms with van der Waals surface area (Å²) in [6.45, 7) is 0.492. The average molecular weight is 494 g/mol. The summed E-state index contributed by atoms with van der Waals surface area (Å²) < 4.78 is 11.4. The van der Waals surface area contributed by atoms with Crippen LogP contribution in [0.15, 0.2) is 47.0 Å². The van der Waals surface area contributed by atoms with Crippen molar-refractivity contribution in [1.29, 1.82) is 0 Å². The van der Waals surface area contributed by atoms with Gasteiger partial charge in [0.05, 0.1) is 22.3 Å². The Kier molecular flexibility index (Phi) is 7.92. The van der Waals surface area contributed by atoms with E-state index >= 15 is 0 Å². The van der Waals surface area contributed by atoms with Gasteiger partial charge in [-0.05, 0) is 18.2 Å². The van der Waals surface area contributed by atoms with E-state index in [1.807, 2.05) is 12.1 Å². The minimum atomic E-state index is 0.118. The van der Waals surface area contributed by atoms with Crippen LogP contribution in [0.4, 0.5) is 0 Å². The Morgan fingerprint density at radius 2 is 1.66 bits per heavy atom. The first kappa shape index (κ1) is 22.1. The van der Waals surface area contributed by atoms with E-state index in [1.165, 1.54) is 6.08 Å². The van der Waals surface area contributed by atoms with Gasteiger partial charge in [-0.2, -0.15) is 15.4 Å². The van der Waals surface area contributed by atoms with E-state index in [4.69, 9.17) is 67.5 Å². The van der Waals surface area contributed by atoms with Crippen LogP contribution in [-0.4, -0.2) is 28.6 Å². The Hall–Kier alpha value is -1.63. The van der Waals surface area contributed by atoms with Gasteiger partial charge in [-0.15, -0.1) is 0 Å². The fraction of sp³-hybridized carbons (Fsp3) is 0.158. The molecule has 0 amide bonds. The van der Waals surface area contributed by atoms with E-state index in [2.05, 4.69) is 15.4 Å². The smallest absolute Gasteiger partial charge is 0.156 e. The number of hydrogen-bond donors (Lipinski definition) is 1. The molecule has 0 saturated heterocycles. The molecule has 0 spiro atoms. The van der Waals surface area contributed by atoms with Crippen LogP contribution in [0, 0.1) is 0 Å². The number of nitrogens with zero attached hydrogens (tertiary/aromatic N) is 2. The number of aromatic amines is 1. The standard InChI is InChI=1S/C19H14Cl5N3O2/c20-12-3-1-11(2-4-12)18-16(25-27-26-18)5-7-29-19-14(21)9-13(10-15(19)22)28-8-6-17(23)24/h1-4,6,9-10H,5,7-8H2,(H,25,26,27). The van der Waals surface area contributed by atoms with Gasteiger partial charge in [0.15, 0.2) is 5.75 Å². The highest BCUT2D eigenvalue weighted by atomic mass is 35.5. The second-order valence-corrected chi connectivity index (χ2v) is 8.00. The summed E-state index contributed by atoms with van der Waals surface area (Å²) in [6, 6.07) is 10.6. The minimum absolute atomic E-state index is 0.118. The molecule has 1 heterocycles. The number of benzene rings is 2. The Bertz CT molecular complexity index is 978. The third kappa shape index (κ3) is 6.17. The summed E-state index contributed by atoms with van der Waals surface area (Å²) in [4.78, 5) is 0. The third-order valence-electron chi connectivity index (χ3n) is 3.78. The lowest BCUT2D eigenvalue weighted by Crippen LogP contribution is -2.04. The molecule has 3 rings (SSSR count). The van der Waals surface area contributed by atoms with E-state index in [-0.39, 0.29) is 11.1 Å². The van der Waals surface area contributed by atoms with Crippen molar-refractivity contribution < 1.29 is 9.47 Å². The molecule has 1 aromatic heterocycles. The number of H-pyrrole nitrogens is 1. The van der Waals surface area contributed by atoms with E-state index in [1.54, 1.807) is 24.3 Å². The Balaban J connectivity index is 1.63. The molecule has 0 aliphatic carbocycles. The van der Waals surface area contributed by atoms with Gasteiger partial charge >= 0.3 is 0 Å². The molecule has 10 heteroatoms. The quantitative estimate of drug-likeness (QED) is 0.377. The van der Waals surface area contributed by atoms with Crippen molar-refractivity contribution in [2.24, 2.45) is 0 Å². The van der Waals surface area contributed by atoms with Crippen LogP contribution in [0.25, 0.3) is 11.3 Å². The largest absolute Gasteiger partial charge is 0.490 e. The Morgan fingerprint density at radius 1 is 0.966 bits per heavy atom. The fourth-order valence-electron chi connectivity index (χ4n) is 2.47. The predicted molar refractivity (Wildman–Crippen MR) is 118 cm³/mol. The molecule has 0 radical (unpaired) electrons. The highest BCUT2D eigenvalue weighted by molar-refractivity contribution is 6.55. The zero-order chi connectivity index (χ0) is 20.8. The molecule has 29 heavy (non-hydrogen) atoms. The van der Waals surface area contributed by atoms with Crippen molar-refractivity contribution in [3.8, 4) is 22.8 Å². The molecule has 0 atom stereocenters. The van der Waals surface area contributed by atoms with Gasteiger partial charge in [0.2, 0.25) is 0 Å². The lowest BCUT2D eigenvalue weighted by atomic mass is 10.1. The van der Waals surface area contributed by atoms with Gasteiger partial charge in [0.25, 0.3) is 0 Å². The third-order valence-corrected chi connectivity index (χ3v) is 4.90. The summed E-state index contributed by atoms with van der Waals surface area (Å²) in [5, 5.41) is 12.3. The first-order chi connectivity index (χ1) is 13.9. The lowest BCUT2D eigenvalue weighted by Gasteiger charge is -2.12. The number of rotatable bonds is 8. The maximum atomic E-state index is 6.28. The Morgan fingerprint density at radius 3 is 2.31 bits per heavy atom. The molecule has 3 aromatic rings. The zero-order valence-corrected chi connectivity index (χ0v) is 18.5. The first-order valence-electron chi connectivity index (χ1n) is 8.35. The lowest BCUT2D eigenvalue weighted by molar-refractivity contribution is 0.319. The van der Waals surface area contributed by atoms with Gasteiger partial charge in [-0.1, -0.05) is 70.1 Å². The first-order valence-corrected chi connectivity index (χ1v) is 10.2. The number of nitrogens with one attached hydrogen (secondary N) is 1. The second-order valence-electron chi connectivity index (χ2n) is 5.75. The van der Waals surface area contributed by atoms with Gasteiger partial charge in [0, 0.05) is 29.1 Å². The van der Waals surface area contributed by atoms with Crippen molar-refractivity contribution >= 4 is 58.0 Å². The van der Waals surface area contributed by atoms with Crippen LogP contribution >= 0.6 is 58.0 Å². The van der Waals surface area contributed by atoms with E-state index in [0.717, 1.165) is 17.0 Å². The van der Waals surface area contributed by atoms with Crippen molar-refractivity contribution in [3.05, 3.63) is 67.7 Å². The molecular weight excluding hydrogens is 479 g/mol. The van der Waals surface area contributed by atoms with E-state index in [0.29, 0.717) is 39.6 Å². The van der Waals surface area contributed by atoms with Crippen LogP contribution in [0.1, 0.15) is 5.69 Å². The molecule has 2 aromatic carbocycles. The highest BCUT2D eigenvalue weighted by Crippen LogP contribution is 2.37. The van der Waals surface area contributed by atoms with Crippen molar-refractivity contribution in [2.75, 3.05) is 13.2 Å². The molecular formula is C19H14Cl5N3O2. The number of halogens is 5. The van der Waals surface area contributed by atoms with Gasteiger partial charge in [-0.25, -0.2) is 0 Å². The number of ether oxygens (including phenoxy) is 2. The molecule has 1 N–H and O–H groups in total. The molecule has 0 aliphatic rings. The average Bonchev–Trinajstić information content (AvgIpc) is 3.13. The SMILES string of the molecule is ClC(Cl)=CCOc1cc(Cl)c(OCCc2n[nH]nc2-c2ccc(Cl)cc2)c(Cl)c1. The second kappa shape index (κ2) is 10.4. The molecule has 0 unspecified atom stereocenters. The summed E-state index contributed by atoms with van der Waals surface area (Å²) >= 11 is 29.6. The molecule has 0 saturated carbocycles. The van der Waals surface area contributed by atoms with Crippen LogP contribution in [0.5, 0.6) is 11.5 Å². The maximum Gasteiger partial charge on any atom is 0.156 e. The Labute approximate surface area is 192 Å². The highest BCUT2D eigenvalue weighted by Gasteiger charge is 2.14. The molecule has 5 nitrogen and oxygen atoms in total. The van der Waals surface area contributed by atoms with Crippen molar-refractivity contribution in [2.45, 2.75) is 6.42 Å². The van der Waals surface area contributed by atoms with Crippen LogP contribution in [0.2, 0.25) is 15.1 Å². The zero-order valence-electron chi connectivity index (χ0n) is 14.8. The number of hydrogen-bond acceptors (Lipinski definition) is 4. The fourth-order valence-corrected chi connectivity index (χ4v) is 3.30. The molecule has 0 aliphatic heterocycles. The summed E-state index contributed by atoms with van der Waals surface area (Å²) in [5.74, 6) is 0.836. The monoisotopic (exact) mass is 491 g/mol. The summed E-state index contributed by atoms with van der Waals surface area (Å²) in [6.07, 6.45) is 2.00. The van der Waals surface area contributed by atoms with Gasteiger partial charge < -0.3 is 9.47 Å². The molecule has 0 fully saturated rings. The molecule has 0 bridgehead atoms.